The Morgan fingerprint density at radius 2 is 1.67 bits per heavy atom. The summed E-state index contributed by atoms with van der Waals surface area (Å²) in [4.78, 5) is 0. The molecule has 0 aromatic heterocycles. The van der Waals surface area contributed by atoms with Crippen LogP contribution >= 0.6 is 0 Å². The zero-order valence-corrected chi connectivity index (χ0v) is 13.7. The molecule has 0 radical (unpaired) electrons. The summed E-state index contributed by atoms with van der Waals surface area (Å²) in [6.07, 6.45) is 0. The van der Waals surface area contributed by atoms with E-state index in [-0.39, 0.29) is 6.04 Å². The number of ether oxygens (including phenoxy) is 1. The van der Waals surface area contributed by atoms with Gasteiger partial charge in [0, 0.05) is 0 Å². The molecule has 0 bridgehead atoms. The molecule has 112 valence electrons. The van der Waals surface area contributed by atoms with Crippen molar-refractivity contribution < 1.29 is 4.74 Å². The van der Waals surface area contributed by atoms with E-state index in [0.29, 0.717) is 0 Å². The first-order valence-electron chi connectivity index (χ1n) is 7.52. The van der Waals surface area contributed by atoms with Crippen LogP contribution < -0.4 is 10.1 Å². The van der Waals surface area contributed by atoms with E-state index in [1.165, 1.54) is 27.8 Å². The highest BCUT2D eigenvalue weighted by Gasteiger charge is 2.16. The fourth-order valence-corrected chi connectivity index (χ4v) is 2.71. The molecule has 2 nitrogen and oxygen atoms in total. The highest BCUT2D eigenvalue weighted by atomic mass is 16.5. The standard InChI is InChI=1S/C19H25NO/c1-6-20-19(16-9-7-13(2)8-10-16)17-11-15(4)18(21-5)12-14(17)3/h7-12,19-20H,6H2,1-5H3. The number of methoxy groups -OCH3 is 1. The summed E-state index contributed by atoms with van der Waals surface area (Å²) < 4.78 is 5.42. The van der Waals surface area contributed by atoms with Crippen LogP contribution in [0, 0.1) is 20.8 Å². The Morgan fingerprint density at radius 3 is 2.24 bits per heavy atom. The summed E-state index contributed by atoms with van der Waals surface area (Å²) in [7, 11) is 1.73. The van der Waals surface area contributed by atoms with E-state index in [0.717, 1.165) is 12.3 Å². The van der Waals surface area contributed by atoms with E-state index < -0.39 is 0 Å². The summed E-state index contributed by atoms with van der Waals surface area (Å²) >= 11 is 0. The molecule has 0 aliphatic carbocycles. The molecular weight excluding hydrogens is 258 g/mol. The molecule has 2 aromatic carbocycles. The Balaban J connectivity index is 2.47. The van der Waals surface area contributed by atoms with E-state index in [1.54, 1.807) is 7.11 Å². The normalized spacial score (nSPS) is 12.2. The summed E-state index contributed by atoms with van der Waals surface area (Å²) in [5.74, 6) is 0.954. The van der Waals surface area contributed by atoms with Crippen molar-refractivity contribution in [2.75, 3.05) is 13.7 Å². The lowest BCUT2D eigenvalue weighted by molar-refractivity contribution is 0.411. The van der Waals surface area contributed by atoms with Crippen LogP contribution in [0.5, 0.6) is 5.75 Å². The van der Waals surface area contributed by atoms with Gasteiger partial charge in [-0.3, -0.25) is 0 Å². The van der Waals surface area contributed by atoms with E-state index >= 15 is 0 Å². The first kappa shape index (κ1) is 15.6. The largest absolute Gasteiger partial charge is 0.496 e. The second-order valence-corrected chi connectivity index (χ2v) is 5.58. The van der Waals surface area contributed by atoms with Gasteiger partial charge in [0.15, 0.2) is 0 Å². The molecule has 1 atom stereocenters. The van der Waals surface area contributed by atoms with Gasteiger partial charge < -0.3 is 10.1 Å². The van der Waals surface area contributed by atoms with Gasteiger partial charge in [0.1, 0.15) is 5.75 Å². The molecule has 21 heavy (non-hydrogen) atoms. The average molecular weight is 283 g/mol. The van der Waals surface area contributed by atoms with Crippen LogP contribution in [0.3, 0.4) is 0 Å². The summed E-state index contributed by atoms with van der Waals surface area (Å²) in [6.45, 7) is 9.44. The number of nitrogens with one attached hydrogen (secondary N) is 1. The molecule has 0 aliphatic heterocycles. The SMILES string of the molecule is CCNC(c1ccc(C)cc1)c1cc(C)c(OC)cc1C. The summed E-state index contributed by atoms with van der Waals surface area (Å²) in [5, 5.41) is 3.60. The Morgan fingerprint density at radius 1 is 1.00 bits per heavy atom. The molecule has 0 amide bonds. The molecule has 0 spiro atoms. The lowest BCUT2D eigenvalue weighted by Crippen LogP contribution is -2.23. The van der Waals surface area contributed by atoms with Crippen LogP contribution in [0.2, 0.25) is 0 Å². The fourth-order valence-electron chi connectivity index (χ4n) is 2.71. The third kappa shape index (κ3) is 3.45. The molecule has 0 saturated carbocycles. The molecule has 1 N–H and O–H groups in total. The Kier molecular flexibility index (Phi) is 5.03. The molecule has 0 fully saturated rings. The Bertz CT molecular complexity index is 602. The zero-order valence-electron chi connectivity index (χ0n) is 13.7. The molecule has 0 heterocycles. The number of hydrogen-bond donors (Lipinski definition) is 1. The maximum Gasteiger partial charge on any atom is 0.122 e. The van der Waals surface area contributed by atoms with E-state index in [9.17, 15) is 0 Å². The maximum absolute atomic E-state index is 5.42. The second-order valence-electron chi connectivity index (χ2n) is 5.58. The number of hydrogen-bond acceptors (Lipinski definition) is 2. The first-order valence-corrected chi connectivity index (χ1v) is 7.52. The van der Waals surface area contributed by atoms with Crippen molar-refractivity contribution in [1.29, 1.82) is 0 Å². The minimum atomic E-state index is 0.222. The van der Waals surface area contributed by atoms with E-state index in [1.807, 2.05) is 0 Å². The average Bonchev–Trinajstić information content (AvgIpc) is 2.48. The Labute approximate surface area is 128 Å². The van der Waals surface area contributed by atoms with Gasteiger partial charge in [-0.1, -0.05) is 42.8 Å². The van der Waals surface area contributed by atoms with Crippen molar-refractivity contribution in [2.24, 2.45) is 0 Å². The van der Waals surface area contributed by atoms with Gasteiger partial charge in [0.05, 0.1) is 13.2 Å². The van der Waals surface area contributed by atoms with Crippen LogP contribution in [-0.4, -0.2) is 13.7 Å². The molecule has 0 aliphatic rings. The third-order valence-electron chi connectivity index (χ3n) is 3.91. The highest BCUT2D eigenvalue weighted by Crippen LogP contribution is 2.30. The minimum absolute atomic E-state index is 0.222. The first-order chi connectivity index (χ1) is 10.1. The smallest absolute Gasteiger partial charge is 0.122 e. The zero-order chi connectivity index (χ0) is 15.4. The number of rotatable bonds is 5. The van der Waals surface area contributed by atoms with Crippen LogP contribution in [0.15, 0.2) is 36.4 Å². The van der Waals surface area contributed by atoms with Crippen LogP contribution in [0.1, 0.15) is 40.8 Å². The van der Waals surface area contributed by atoms with E-state index in [4.69, 9.17) is 4.74 Å². The van der Waals surface area contributed by atoms with Gasteiger partial charge in [-0.2, -0.15) is 0 Å². The molecule has 0 saturated heterocycles. The molecule has 2 heteroatoms. The van der Waals surface area contributed by atoms with Crippen LogP contribution in [0.25, 0.3) is 0 Å². The van der Waals surface area contributed by atoms with Crippen molar-refractivity contribution >= 4 is 0 Å². The number of benzene rings is 2. The quantitative estimate of drug-likeness (QED) is 0.882. The van der Waals surface area contributed by atoms with Gasteiger partial charge in [-0.25, -0.2) is 0 Å². The predicted molar refractivity (Wildman–Crippen MR) is 89.2 cm³/mol. The molecule has 2 aromatic rings. The minimum Gasteiger partial charge on any atom is -0.496 e. The van der Waals surface area contributed by atoms with Crippen molar-refractivity contribution in [3.63, 3.8) is 0 Å². The van der Waals surface area contributed by atoms with Crippen molar-refractivity contribution in [3.05, 3.63) is 64.2 Å². The predicted octanol–water partition coefficient (Wildman–Crippen LogP) is 4.32. The highest BCUT2D eigenvalue weighted by molar-refractivity contribution is 5.46. The summed E-state index contributed by atoms with van der Waals surface area (Å²) in [6, 6.07) is 13.4. The summed E-state index contributed by atoms with van der Waals surface area (Å²) in [5.41, 5.74) is 6.34. The maximum atomic E-state index is 5.42. The van der Waals surface area contributed by atoms with Crippen molar-refractivity contribution in [1.82, 2.24) is 5.32 Å². The Hall–Kier alpha value is -1.80. The third-order valence-corrected chi connectivity index (χ3v) is 3.91. The van der Waals surface area contributed by atoms with Crippen molar-refractivity contribution in [3.8, 4) is 5.75 Å². The van der Waals surface area contributed by atoms with E-state index in [2.05, 4.69) is 69.4 Å². The van der Waals surface area contributed by atoms with Gasteiger partial charge in [0.25, 0.3) is 0 Å². The van der Waals surface area contributed by atoms with Gasteiger partial charge >= 0.3 is 0 Å². The lowest BCUT2D eigenvalue weighted by Gasteiger charge is -2.22. The second kappa shape index (κ2) is 6.77. The lowest BCUT2D eigenvalue weighted by atomic mass is 9.92. The van der Waals surface area contributed by atoms with Gasteiger partial charge in [-0.15, -0.1) is 0 Å². The monoisotopic (exact) mass is 283 g/mol. The molecule has 1 unspecified atom stereocenters. The van der Waals surface area contributed by atoms with Gasteiger partial charge in [0.2, 0.25) is 0 Å². The topological polar surface area (TPSA) is 21.3 Å². The number of aryl methyl sites for hydroxylation is 3. The molecule has 2 rings (SSSR count). The van der Waals surface area contributed by atoms with Gasteiger partial charge in [-0.05, 0) is 55.6 Å². The fraction of sp³-hybridized carbons (Fsp3) is 0.368. The molecular formula is C19H25NO. The van der Waals surface area contributed by atoms with Crippen LogP contribution in [0.4, 0.5) is 0 Å². The van der Waals surface area contributed by atoms with Crippen LogP contribution in [-0.2, 0) is 0 Å². The van der Waals surface area contributed by atoms with Crippen molar-refractivity contribution in [2.45, 2.75) is 33.7 Å².